The van der Waals surface area contributed by atoms with E-state index < -0.39 is 30.9 Å². The zero-order valence-corrected chi connectivity index (χ0v) is 21.6. The van der Waals surface area contributed by atoms with Crippen molar-refractivity contribution < 1.29 is 18.2 Å². The Hall–Kier alpha value is -3.52. The lowest BCUT2D eigenvalue weighted by atomic mass is 9.99. The predicted molar refractivity (Wildman–Crippen MR) is 145 cm³/mol. The van der Waals surface area contributed by atoms with E-state index in [2.05, 4.69) is 0 Å². The first-order valence-corrected chi connectivity index (χ1v) is 14.9. The zero-order chi connectivity index (χ0) is 26.8. The van der Waals surface area contributed by atoms with E-state index in [0.717, 1.165) is 5.56 Å². The maximum Gasteiger partial charge on any atom is 0.204 e. The number of hydrogen-bond donors (Lipinski definition) is 0. The van der Waals surface area contributed by atoms with Crippen LogP contribution in [0.25, 0.3) is 0 Å². The van der Waals surface area contributed by atoms with Crippen molar-refractivity contribution in [1.29, 1.82) is 0 Å². The molecule has 2 unspecified atom stereocenters. The van der Waals surface area contributed by atoms with Gasteiger partial charge in [0.15, 0.2) is 9.84 Å². The van der Waals surface area contributed by atoms with Crippen molar-refractivity contribution in [3.63, 3.8) is 0 Å². The van der Waals surface area contributed by atoms with Gasteiger partial charge in [-0.05, 0) is 41.5 Å². The van der Waals surface area contributed by atoms with Gasteiger partial charge in [0.1, 0.15) is 0 Å². The first-order valence-electron chi connectivity index (χ1n) is 12.4. The van der Waals surface area contributed by atoms with Gasteiger partial charge in [0.05, 0.1) is 27.3 Å². The molecule has 188 valence electrons. The number of rotatable bonds is 7. The van der Waals surface area contributed by atoms with Gasteiger partial charge in [0.25, 0.3) is 0 Å². The van der Waals surface area contributed by atoms with Crippen LogP contribution in [-0.4, -0.2) is 33.5 Å². The molecule has 0 spiro atoms. The molecule has 1 heterocycles. The summed E-state index contributed by atoms with van der Waals surface area (Å²) >= 11 is 0. The summed E-state index contributed by atoms with van der Waals surface area (Å²) in [5.74, 6) is 0. The second kappa shape index (κ2) is 10.5. The zero-order valence-electron chi connectivity index (χ0n) is 21.0. The maximum absolute atomic E-state index is 14.2. The number of benzene rings is 4. The van der Waals surface area contributed by atoms with Crippen molar-refractivity contribution in [2.45, 2.75) is 27.6 Å². The molecule has 0 aliphatic carbocycles. The maximum atomic E-state index is 14.2. The second-order valence-electron chi connectivity index (χ2n) is 8.82. The van der Waals surface area contributed by atoms with E-state index >= 15 is 0 Å². The molecule has 0 amide bonds. The Kier molecular flexibility index (Phi) is 6.74. The van der Waals surface area contributed by atoms with Crippen LogP contribution in [0.5, 0.6) is 0 Å². The van der Waals surface area contributed by atoms with Crippen molar-refractivity contribution in [2.75, 3.05) is 6.54 Å². The van der Waals surface area contributed by atoms with Crippen molar-refractivity contribution in [3.8, 4) is 0 Å². The van der Waals surface area contributed by atoms with Gasteiger partial charge in [-0.25, -0.2) is 16.8 Å². The molecule has 1 aliphatic rings. The Morgan fingerprint density at radius 1 is 0.676 bits per heavy atom. The van der Waals surface area contributed by atoms with Crippen molar-refractivity contribution in [2.24, 2.45) is 0 Å². The Morgan fingerprint density at radius 2 is 1.16 bits per heavy atom. The number of nitrogens with zero attached hydrogens (tertiary/aromatic N) is 1. The smallest absolute Gasteiger partial charge is 0.204 e. The van der Waals surface area contributed by atoms with Crippen molar-refractivity contribution in [3.05, 3.63) is 143 Å². The average Bonchev–Trinajstić information content (AvgIpc) is 2.96. The molecule has 4 aromatic carbocycles. The minimum atomic E-state index is -4.25. The van der Waals surface area contributed by atoms with Crippen LogP contribution in [0.1, 0.15) is 18.5 Å². The summed E-state index contributed by atoms with van der Waals surface area (Å²) in [5.41, 5.74) is 1.28. The first kappa shape index (κ1) is 23.9. The summed E-state index contributed by atoms with van der Waals surface area (Å²) in [6.07, 6.45) is 1.28. The predicted octanol–water partition coefficient (Wildman–Crippen LogP) is 5.44. The Labute approximate surface area is 220 Å². The van der Waals surface area contributed by atoms with Gasteiger partial charge in [-0.3, -0.25) is 4.90 Å². The highest BCUT2D eigenvalue weighted by molar-refractivity contribution is 7.95. The Morgan fingerprint density at radius 3 is 1.73 bits per heavy atom. The number of hydrogen-bond acceptors (Lipinski definition) is 5. The van der Waals surface area contributed by atoms with Gasteiger partial charge in [-0.15, -0.1) is 0 Å². The number of sulfone groups is 2. The molecular formula is C30H27NO4S2. The molecule has 2 atom stereocenters. The molecule has 0 saturated carbocycles. The molecular weight excluding hydrogens is 502 g/mol. The Bertz CT molecular complexity index is 1640. The topological polar surface area (TPSA) is 71.5 Å². The lowest BCUT2D eigenvalue weighted by molar-refractivity contribution is 0.212. The summed E-state index contributed by atoms with van der Waals surface area (Å²) in [7, 11) is -8.21. The van der Waals surface area contributed by atoms with Crippen LogP contribution < -0.4 is 0 Å². The largest absolute Gasteiger partial charge is 0.286 e. The highest BCUT2D eigenvalue weighted by atomic mass is 32.2. The third-order valence-electron chi connectivity index (χ3n) is 6.36. The van der Waals surface area contributed by atoms with Gasteiger partial charge in [0.2, 0.25) is 9.84 Å². The quantitative estimate of drug-likeness (QED) is 0.318. The molecule has 1 aliphatic heterocycles. The van der Waals surface area contributed by atoms with Crippen molar-refractivity contribution in [1.82, 2.24) is 4.90 Å². The van der Waals surface area contributed by atoms with E-state index in [1.807, 2.05) is 30.3 Å². The van der Waals surface area contributed by atoms with E-state index in [1.165, 1.54) is 30.3 Å². The van der Waals surface area contributed by atoms with Gasteiger partial charge >= 0.3 is 0 Å². The van der Waals surface area contributed by atoms with Gasteiger partial charge in [0, 0.05) is 13.1 Å². The van der Waals surface area contributed by atoms with E-state index in [1.54, 1.807) is 71.6 Å². The standard InChI is InChI=1S/C30H27NO4S2/c32-36(33,26-17-9-3-10-18-26)28-21-29(37(34,35)27-19-11-4-12-20-27)30(25-15-7-2-8-16-25)31(23-28)22-24-13-5-1-6-14-24/h1-21,28,30H,22-23H2/i30D. The van der Waals surface area contributed by atoms with Crippen molar-refractivity contribution >= 4 is 19.7 Å². The van der Waals surface area contributed by atoms with Crippen LogP contribution in [0.3, 0.4) is 0 Å². The summed E-state index contributed by atoms with van der Waals surface area (Å²) in [5, 5.41) is -1.18. The van der Waals surface area contributed by atoms with Crippen LogP contribution in [-0.2, 0) is 26.2 Å². The lowest BCUT2D eigenvalue weighted by Gasteiger charge is -2.39. The van der Waals surface area contributed by atoms with Crippen LogP contribution >= 0.6 is 0 Å². The molecule has 5 rings (SSSR count). The minimum Gasteiger partial charge on any atom is -0.286 e. The fraction of sp³-hybridized carbons (Fsp3) is 0.133. The fourth-order valence-electron chi connectivity index (χ4n) is 4.55. The second-order valence-corrected chi connectivity index (χ2v) is 12.9. The molecule has 4 aromatic rings. The molecule has 7 heteroatoms. The molecule has 0 aromatic heterocycles. The molecule has 5 nitrogen and oxygen atoms in total. The third-order valence-corrected chi connectivity index (χ3v) is 10.2. The van der Waals surface area contributed by atoms with E-state index in [4.69, 9.17) is 0 Å². The molecule has 37 heavy (non-hydrogen) atoms. The van der Waals surface area contributed by atoms with Crippen LogP contribution in [0.15, 0.2) is 142 Å². The van der Waals surface area contributed by atoms with E-state index in [0.29, 0.717) is 5.56 Å². The van der Waals surface area contributed by atoms with Crippen LogP contribution in [0.2, 0.25) is 0 Å². The summed E-state index contributed by atoms with van der Waals surface area (Å²) in [6.45, 7) is 0.125. The molecule has 0 bridgehead atoms. The Balaban J connectivity index is 1.77. The SMILES string of the molecule is [2H]C1(c2ccccc2)C(S(=O)(=O)c2ccccc2)=CC(S(=O)(=O)c2ccccc2)CN1Cc1ccccc1. The summed E-state index contributed by atoms with van der Waals surface area (Å²) < 4.78 is 65.8. The molecule has 0 N–H and O–H groups in total. The first-order chi connectivity index (χ1) is 18.2. The third kappa shape index (κ3) is 5.16. The van der Waals surface area contributed by atoms with E-state index in [-0.39, 0.29) is 27.8 Å². The summed E-state index contributed by atoms with van der Waals surface area (Å²) in [4.78, 5) is 1.50. The molecule has 0 radical (unpaired) electrons. The lowest BCUT2D eigenvalue weighted by Crippen LogP contribution is -2.44. The van der Waals surface area contributed by atoms with Crippen LogP contribution in [0.4, 0.5) is 0 Å². The normalized spacial score (nSPS) is 21.1. The van der Waals surface area contributed by atoms with Gasteiger partial charge < -0.3 is 0 Å². The molecule has 0 saturated heterocycles. The van der Waals surface area contributed by atoms with Gasteiger partial charge in [-0.1, -0.05) is 97.1 Å². The van der Waals surface area contributed by atoms with Crippen LogP contribution in [0, 0.1) is 0 Å². The molecule has 0 fully saturated rings. The monoisotopic (exact) mass is 530 g/mol. The average molecular weight is 531 g/mol. The minimum absolute atomic E-state index is 0.0104. The highest BCUT2D eigenvalue weighted by Gasteiger charge is 2.42. The fourth-order valence-corrected chi connectivity index (χ4v) is 7.83. The summed E-state index contributed by atoms with van der Waals surface area (Å²) in [6, 6.07) is 32.2. The highest BCUT2D eigenvalue weighted by Crippen LogP contribution is 2.41. The van der Waals surface area contributed by atoms with Gasteiger partial charge in [-0.2, -0.15) is 0 Å². The van der Waals surface area contributed by atoms with E-state index in [9.17, 15) is 18.2 Å².